The molecule has 1 rings (SSSR count). The van der Waals surface area contributed by atoms with E-state index in [1.807, 2.05) is 32.0 Å². The molecule has 0 aliphatic rings. The Balaban J connectivity index is 2.62. The Morgan fingerprint density at radius 2 is 2.06 bits per heavy atom. The molecule has 0 saturated heterocycles. The topological polar surface area (TPSA) is 55.1 Å². The largest absolute Gasteiger partial charge is 0.327 e. The molecule has 1 atom stereocenters. The van der Waals surface area contributed by atoms with Gasteiger partial charge in [0.25, 0.3) is 0 Å². The van der Waals surface area contributed by atoms with Crippen LogP contribution < -0.4 is 11.1 Å². The van der Waals surface area contributed by atoms with Crippen LogP contribution in [0.5, 0.6) is 0 Å². The van der Waals surface area contributed by atoms with Gasteiger partial charge in [0.05, 0.1) is 5.69 Å². The number of anilines is 1. The maximum absolute atomic E-state index is 11.7. The van der Waals surface area contributed by atoms with Crippen LogP contribution in [0.2, 0.25) is 0 Å². The van der Waals surface area contributed by atoms with Crippen molar-refractivity contribution in [3.8, 4) is 0 Å². The molecule has 5 heteroatoms. The van der Waals surface area contributed by atoms with Crippen LogP contribution in [-0.4, -0.2) is 11.9 Å². The maximum Gasteiger partial charge on any atom is 0.225 e. The second-order valence-electron chi connectivity index (χ2n) is 4.28. The van der Waals surface area contributed by atoms with E-state index in [-0.39, 0.29) is 11.9 Å². The average molecular weight is 364 g/mol. The first-order valence-electron chi connectivity index (χ1n) is 5.40. The van der Waals surface area contributed by atoms with Crippen molar-refractivity contribution in [1.82, 2.24) is 0 Å². The number of hydrogen-bond acceptors (Lipinski definition) is 2. The Morgan fingerprint density at radius 3 is 2.59 bits per heavy atom. The zero-order chi connectivity index (χ0) is 13.0. The molecule has 1 aromatic carbocycles. The number of rotatable bonds is 4. The molecule has 0 spiro atoms. The van der Waals surface area contributed by atoms with E-state index < -0.39 is 0 Å². The predicted octanol–water partition coefficient (Wildman–Crippen LogP) is 3.52. The fourth-order valence-corrected chi connectivity index (χ4v) is 2.39. The summed E-state index contributed by atoms with van der Waals surface area (Å²) in [4.78, 5) is 11.7. The van der Waals surface area contributed by atoms with Crippen LogP contribution >= 0.6 is 31.9 Å². The van der Waals surface area contributed by atoms with Crippen molar-refractivity contribution in [2.45, 2.75) is 26.3 Å². The molecule has 0 aliphatic heterocycles. The van der Waals surface area contributed by atoms with E-state index in [0.29, 0.717) is 12.3 Å². The van der Waals surface area contributed by atoms with E-state index >= 15 is 0 Å². The number of amides is 1. The van der Waals surface area contributed by atoms with Gasteiger partial charge in [-0.1, -0.05) is 29.8 Å². The molecule has 1 unspecified atom stereocenters. The van der Waals surface area contributed by atoms with Gasteiger partial charge >= 0.3 is 0 Å². The quantitative estimate of drug-likeness (QED) is 0.859. The highest BCUT2D eigenvalue weighted by molar-refractivity contribution is 9.11. The summed E-state index contributed by atoms with van der Waals surface area (Å²) in [5.41, 5.74) is 6.61. The molecule has 0 radical (unpaired) electrons. The summed E-state index contributed by atoms with van der Waals surface area (Å²) in [6.07, 6.45) is 0.334. The summed E-state index contributed by atoms with van der Waals surface area (Å²) in [7, 11) is 0. The number of carbonyl (C=O) groups is 1. The van der Waals surface area contributed by atoms with Gasteiger partial charge in [0.1, 0.15) is 0 Å². The molecule has 17 heavy (non-hydrogen) atoms. The fraction of sp³-hybridized carbons (Fsp3) is 0.417. The molecular weight excluding hydrogens is 348 g/mol. The molecule has 0 saturated carbocycles. The van der Waals surface area contributed by atoms with Crippen molar-refractivity contribution in [1.29, 1.82) is 0 Å². The summed E-state index contributed by atoms with van der Waals surface area (Å²) in [6, 6.07) is 5.50. The highest BCUT2D eigenvalue weighted by Gasteiger charge is 2.13. The summed E-state index contributed by atoms with van der Waals surface area (Å²) < 4.78 is 1.81. The molecule has 0 aromatic heterocycles. The maximum atomic E-state index is 11.7. The summed E-state index contributed by atoms with van der Waals surface area (Å²) in [5.74, 6) is 0.239. The van der Waals surface area contributed by atoms with Crippen LogP contribution in [0.3, 0.4) is 0 Å². The van der Waals surface area contributed by atoms with Crippen LogP contribution in [0.1, 0.15) is 20.3 Å². The third kappa shape index (κ3) is 4.77. The second-order valence-corrected chi connectivity index (χ2v) is 6.05. The van der Waals surface area contributed by atoms with Crippen LogP contribution in [0.4, 0.5) is 5.69 Å². The van der Waals surface area contributed by atoms with Gasteiger partial charge in [0, 0.05) is 21.4 Å². The molecule has 94 valence electrons. The minimum Gasteiger partial charge on any atom is -0.327 e. The fourth-order valence-electron chi connectivity index (χ4n) is 1.24. The average Bonchev–Trinajstić information content (AvgIpc) is 2.22. The summed E-state index contributed by atoms with van der Waals surface area (Å²) in [5, 5.41) is 2.84. The lowest BCUT2D eigenvalue weighted by Crippen LogP contribution is -2.31. The highest BCUT2D eigenvalue weighted by Crippen LogP contribution is 2.26. The Bertz CT molecular complexity index is 407. The number of nitrogens with two attached hydrogens (primary N) is 1. The van der Waals surface area contributed by atoms with Crippen molar-refractivity contribution in [3.05, 3.63) is 27.1 Å². The van der Waals surface area contributed by atoms with Crippen LogP contribution in [0.15, 0.2) is 27.1 Å². The second kappa shape index (κ2) is 6.52. The van der Waals surface area contributed by atoms with Crippen LogP contribution in [0.25, 0.3) is 0 Å². The number of carbonyl (C=O) groups excluding carboxylic acids is 1. The van der Waals surface area contributed by atoms with Gasteiger partial charge in [-0.3, -0.25) is 4.79 Å². The molecule has 1 amide bonds. The smallest absolute Gasteiger partial charge is 0.225 e. The van der Waals surface area contributed by atoms with Gasteiger partial charge in [-0.15, -0.1) is 0 Å². The van der Waals surface area contributed by atoms with Gasteiger partial charge in [0.2, 0.25) is 5.91 Å². The van der Waals surface area contributed by atoms with Gasteiger partial charge in [-0.25, -0.2) is 0 Å². The zero-order valence-corrected chi connectivity index (χ0v) is 13.0. The lowest BCUT2D eigenvalue weighted by Gasteiger charge is -2.15. The lowest BCUT2D eigenvalue weighted by molar-refractivity contribution is -0.116. The molecule has 0 bridgehead atoms. The van der Waals surface area contributed by atoms with Crippen molar-refractivity contribution in [3.63, 3.8) is 0 Å². The minimum atomic E-state index is -0.107. The number of nitrogens with one attached hydrogen (secondary N) is 1. The summed E-state index contributed by atoms with van der Waals surface area (Å²) in [6.45, 7) is 4.01. The first-order valence-corrected chi connectivity index (χ1v) is 6.99. The Morgan fingerprint density at radius 1 is 1.41 bits per heavy atom. The van der Waals surface area contributed by atoms with E-state index in [1.165, 1.54) is 0 Å². The van der Waals surface area contributed by atoms with E-state index in [4.69, 9.17) is 5.73 Å². The van der Waals surface area contributed by atoms with Gasteiger partial charge in [0.15, 0.2) is 0 Å². The number of halogens is 2. The van der Waals surface area contributed by atoms with Crippen molar-refractivity contribution in [2.24, 2.45) is 11.7 Å². The zero-order valence-electron chi connectivity index (χ0n) is 9.84. The predicted molar refractivity (Wildman–Crippen MR) is 77.9 cm³/mol. The number of hydrogen-bond donors (Lipinski definition) is 2. The lowest BCUT2D eigenvalue weighted by atomic mass is 10.0. The van der Waals surface area contributed by atoms with Crippen LogP contribution in [0, 0.1) is 5.92 Å². The first-order chi connectivity index (χ1) is 7.90. The SMILES string of the molecule is CC(C)C(N)CC(=O)Nc1ccc(Br)cc1Br. The Kier molecular flexibility index (Phi) is 5.62. The van der Waals surface area contributed by atoms with Gasteiger partial charge in [-0.2, -0.15) is 0 Å². The van der Waals surface area contributed by atoms with Gasteiger partial charge < -0.3 is 11.1 Å². The van der Waals surface area contributed by atoms with Crippen LogP contribution in [-0.2, 0) is 4.79 Å². The molecule has 1 aromatic rings. The summed E-state index contributed by atoms with van der Waals surface area (Å²) >= 11 is 6.75. The van der Waals surface area contributed by atoms with E-state index in [2.05, 4.69) is 37.2 Å². The minimum absolute atomic E-state index is 0.0609. The molecule has 0 aliphatic carbocycles. The molecule has 3 N–H and O–H groups in total. The van der Waals surface area contributed by atoms with Crippen molar-refractivity contribution < 1.29 is 4.79 Å². The normalized spacial score (nSPS) is 12.6. The standard InChI is InChI=1S/C12H16Br2N2O/c1-7(2)10(15)6-12(17)16-11-4-3-8(13)5-9(11)14/h3-5,7,10H,6,15H2,1-2H3,(H,16,17). The molecule has 0 fully saturated rings. The first kappa shape index (κ1) is 14.7. The monoisotopic (exact) mass is 362 g/mol. The Hall–Kier alpha value is -0.390. The van der Waals surface area contributed by atoms with E-state index in [9.17, 15) is 4.79 Å². The molecule has 3 nitrogen and oxygen atoms in total. The van der Waals surface area contributed by atoms with Gasteiger partial charge in [-0.05, 0) is 40.0 Å². The molecular formula is C12H16Br2N2O. The third-order valence-electron chi connectivity index (χ3n) is 2.48. The molecule has 0 heterocycles. The van der Waals surface area contributed by atoms with Crippen molar-refractivity contribution in [2.75, 3.05) is 5.32 Å². The number of benzene rings is 1. The Labute approximate surface area is 118 Å². The highest BCUT2D eigenvalue weighted by atomic mass is 79.9. The van der Waals surface area contributed by atoms with E-state index in [1.54, 1.807) is 0 Å². The third-order valence-corrected chi connectivity index (χ3v) is 3.63. The van der Waals surface area contributed by atoms with E-state index in [0.717, 1.165) is 14.6 Å². The van der Waals surface area contributed by atoms with Crippen molar-refractivity contribution >= 4 is 43.5 Å².